The number of esters is 1. The molecule has 5 rings (SSSR count). The molecule has 5 aliphatic rings. The van der Waals surface area contributed by atoms with Crippen LogP contribution in [0.15, 0.2) is 24.3 Å². The summed E-state index contributed by atoms with van der Waals surface area (Å²) in [6, 6.07) is -1.32. The van der Waals surface area contributed by atoms with Crippen LogP contribution < -0.4 is 0 Å². The fourth-order valence-electron chi connectivity index (χ4n) is 6.82. The maximum atomic E-state index is 14.3. The predicted octanol–water partition coefficient (Wildman–Crippen LogP) is 1.82. The first kappa shape index (κ1) is 23.5. The van der Waals surface area contributed by atoms with E-state index in [1.54, 1.807) is 17.1 Å². The number of ether oxygens (including phenoxy) is 2. The van der Waals surface area contributed by atoms with Crippen molar-refractivity contribution in [2.45, 2.75) is 82.2 Å². The van der Waals surface area contributed by atoms with Gasteiger partial charge in [-0.05, 0) is 24.8 Å². The Morgan fingerprint density at radius 3 is 2.62 bits per heavy atom. The van der Waals surface area contributed by atoms with Crippen molar-refractivity contribution < 1.29 is 29.0 Å². The topological polar surface area (TPSA) is 96.4 Å². The summed E-state index contributed by atoms with van der Waals surface area (Å²) in [7, 11) is 0. The third-order valence-corrected chi connectivity index (χ3v) is 8.74. The van der Waals surface area contributed by atoms with Crippen molar-refractivity contribution in [2.75, 3.05) is 19.8 Å². The molecule has 1 N–H and O–H groups in total. The molecule has 8 nitrogen and oxygen atoms in total. The maximum Gasteiger partial charge on any atom is 0.313 e. The van der Waals surface area contributed by atoms with E-state index in [0.717, 1.165) is 32.1 Å². The van der Waals surface area contributed by atoms with Gasteiger partial charge in [-0.2, -0.15) is 0 Å². The van der Waals surface area contributed by atoms with Crippen molar-refractivity contribution in [1.29, 1.82) is 0 Å². The van der Waals surface area contributed by atoms with Gasteiger partial charge >= 0.3 is 5.97 Å². The molecule has 4 heterocycles. The highest BCUT2D eigenvalue weighted by Gasteiger charge is 2.73. The zero-order valence-electron chi connectivity index (χ0n) is 20.1. The molecule has 1 unspecified atom stereocenters. The molecule has 0 aromatic carbocycles. The minimum Gasteiger partial charge on any atom is -0.461 e. The first-order valence-electron chi connectivity index (χ1n) is 12.9. The second-order valence-corrected chi connectivity index (χ2v) is 10.5. The SMILES string of the molecule is CC[C@H](C)[C@H](CO)N1C(=O)[C@@H]2[C@@H]3C(=O)OCC=C[C@@H]3O[C@@]23C=CCN(C2CCCCC2)C(=O)C13. The van der Waals surface area contributed by atoms with Gasteiger partial charge in [-0.15, -0.1) is 0 Å². The van der Waals surface area contributed by atoms with Crippen LogP contribution >= 0.6 is 0 Å². The van der Waals surface area contributed by atoms with Crippen LogP contribution in [-0.2, 0) is 23.9 Å². The van der Waals surface area contributed by atoms with Crippen molar-refractivity contribution in [3.8, 4) is 0 Å². The van der Waals surface area contributed by atoms with Crippen molar-refractivity contribution >= 4 is 17.8 Å². The molecule has 7 atom stereocenters. The third-order valence-electron chi connectivity index (χ3n) is 8.74. The average molecular weight is 473 g/mol. The van der Waals surface area contributed by atoms with Gasteiger partial charge < -0.3 is 24.4 Å². The minimum atomic E-state index is -1.26. The second-order valence-electron chi connectivity index (χ2n) is 10.5. The van der Waals surface area contributed by atoms with Gasteiger partial charge in [-0.3, -0.25) is 14.4 Å². The average Bonchev–Trinajstić information content (AvgIpc) is 3.14. The van der Waals surface area contributed by atoms with Crippen molar-refractivity contribution in [3.63, 3.8) is 0 Å². The smallest absolute Gasteiger partial charge is 0.313 e. The number of carbonyl (C=O) groups is 3. The molecule has 1 spiro atoms. The summed E-state index contributed by atoms with van der Waals surface area (Å²) in [5, 5.41) is 10.4. The van der Waals surface area contributed by atoms with Crippen molar-refractivity contribution in [1.82, 2.24) is 9.80 Å². The summed E-state index contributed by atoms with van der Waals surface area (Å²) >= 11 is 0. The fourth-order valence-corrected chi connectivity index (χ4v) is 6.82. The molecule has 0 radical (unpaired) electrons. The number of likely N-dealkylation sites (tertiary alicyclic amines) is 1. The van der Waals surface area contributed by atoms with Gasteiger partial charge in [0.25, 0.3) is 0 Å². The van der Waals surface area contributed by atoms with Gasteiger partial charge in [-0.25, -0.2) is 0 Å². The lowest BCUT2D eigenvalue weighted by atomic mass is 9.78. The van der Waals surface area contributed by atoms with Crippen LogP contribution in [0.1, 0.15) is 52.4 Å². The number of rotatable bonds is 5. The van der Waals surface area contributed by atoms with Crippen LogP contribution in [0.2, 0.25) is 0 Å². The molecule has 3 fully saturated rings. The van der Waals surface area contributed by atoms with Crippen LogP contribution in [0.25, 0.3) is 0 Å². The Balaban J connectivity index is 1.62. The number of aliphatic hydroxyl groups is 1. The Morgan fingerprint density at radius 1 is 1.15 bits per heavy atom. The maximum absolute atomic E-state index is 14.3. The number of fused-ring (bicyclic) bond motifs is 2. The highest BCUT2D eigenvalue weighted by Crippen LogP contribution is 2.54. The number of amides is 2. The van der Waals surface area contributed by atoms with E-state index < -0.39 is 41.6 Å². The number of nitrogens with zero attached hydrogens (tertiary/aromatic N) is 2. The lowest BCUT2D eigenvalue weighted by Gasteiger charge is -2.42. The van der Waals surface area contributed by atoms with Crippen LogP contribution in [0.5, 0.6) is 0 Å². The number of cyclic esters (lactones) is 1. The fraction of sp³-hybridized carbons (Fsp3) is 0.731. The van der Waals surface area contributed by atoms with E-state index in [-0.39, 0.29) is 37.0 Å². The molecular formula is C26H36N2O6. The molecule has 186 valence electrons. The number of carbonyl (C=O) groups excluding carboxylic acids is 3. The van der Waals surface area contributed by atoms with Gasteiger partial charge in [-0.1, -0.05) is 57.8 Å². The third kappa shape index (κ3) is 3.44. The van der Waals surface area contributed by atoms with Gasteiger partial charge in [0, 0.05) is 12.6 Å². The normalized spacial score (nSPS) is 37.6. The van der Waals surface area contributed by atoms with Crippen LogP contribution in [-0.4, -0.2) is 82.3 Å². The summed E-state index contributed by atoms with van der Waals surface area (Å²) in [6.45, 7) is 4.35. The van der Waals surface area contributed by atoms with E-state index in [4.69, 9.17) is 9.47 Å². The van der Waals surface area contributed by atoms with E-state index in [2.05, 4.69) is 0 Å². The van der Waals surface area contributed by atoms with Gasteiger partial charge in [0.15, 0.2) is 0 Å². The van der Waals surface area contributed by atoms with Gasteiger partial charge in [0.2, 0.25) is 11.8 Å². The van der Waals surface area contributed by atoms with Gasteiger partial charge in [0.1, 0.15) is 24.2 Å². The molecule has 2 saturated heterocycles. The Labute approximate surface area is 200 Å². The molecule has 0 aromatic heterocycles. The van der Waals surface area contributed by atoms with Crippen molar-refractivity contribution in [2.24, 2.45) is 17.8 Å². The molecule has 1 aliphatic carbocycles. The molecular weight excluding hydrogens is 436 g/mol. The van der Waals surface area contributed by atoms with E-state index in [9.17, 15) is 19.5 Å². The van der Waals surface area contributed by atoms with Crippen LogP contribution in [0.4, 0.5) is 0 Å². The molecule has 4 aliphatic heterocycles. The van der Waals surface area contributed by atoms with E-state index in [1.807, 2.05) is 30.9 Å². The Kier molecular flexibility index (Phi) is 6.31. The van der Waals surface area contributed by atoms with Crippen molar-refractivity contribution in [3.05, 3.63) is 24.3 Å². The highest BCUT2D eigenvalue weighted by molar-refractivity contribution is 5.99. The van der Waals surface area contributed by atoms with Crippen LogP contribution in [0.3, 0.4) is 0 Å². The molecule has 0 aromatic rings. The number of hydrogen-bond acceptors (Lipinski definition) is 6. The largest absolute Gasteiger partial charge is 0.461 e. The standard InChI is InChI=1S/C26H36N2O6/c1-3-16(2)18(15-29)28-22-24(31)27(17-9-5-4-6-10-17)13-8-12-26(22)21(23(28)30)20-19(34-26)11-7-14-33-25(20)32/h7-8,11-12,16-22,29H,3-6,9-10,13-15H2,1-2H3/t16-,18-,19-,20+,21-,22?,26-/m0/s1. The van der Waals surface area contributed by atoms with E-state index >= 15 is 0 Å². The zero-order chi connectivity index (χ0) is 24.0. The summed E-state index contributed by atoms with van der Waals surface area (Å²) < 4.78 is 11.9. The molecule has 0 bridgehead atoms. The molecule has 2 amide bonds. The van der Waals surface area contributed by atoms with Crippen LogP contribution in [0, 0.1) is 17.8 Å². The number of aliphatic hydroxyl groups excluding tert-OH is 1. The lowest BCUT2D eigenvalue weighted by Crippen LogP contribution is -2.60. The summed E-state index contributed by atoms with van der Waals surface area (Å²) in [6.07, 6.45) is 12.7. The van der Waals surface area contributed by atoms with Gasteiger partial charge in [0.05, 0.1) is 24.7 Å². The quantitative estimate of drug-likeness (QED) is 0.484. The summed E-state index contributed by atoms with van der Waals surface area (Å²) in [4.78, 5) is 44.9. The monoisotopic (exact) mass is 472 g/mol. The molecule has 8 heteroatoms. The molecule has 34 heavy (non-hydrogen) atoms. The summed E-state index contributed by atoms with van der Waals surface area (Å²) in [5.74, 6) is -2.60. The zero-order valence-corrected chi connectivity index (χ0v) is 20.1. The Morgan fingerprint density at radius 2 is 1.91 bits per heavy atom. The Bertz CT molecular complexity index is 896. The predicted molar refractivity (Wildman–Crippen MR) is 123 cm³/mol. The van der Waals surface area contributed by atoms with E-state index in [1.165, 1.54) is 6.42 Å². The summed E-state index contributed by atoms with van der Waals surface area (Å²) in [5.41, 5.74) is -1.26. The number of hydrogen-bond donors (Lipinski definition) is 1. The first-order valence-corrected chi connectivity index (χ1v) is 12.9. The Hall–Kier alpha value is -2.19. The highest BCUT2D eigenvalue weighted by atomic mass is 16.6. The second kappa shape index (κ2) is 9.11. The lowest BCUT2D eigenvalue weighted by molar-refractivity contribution is -0.156. The first-order chi connectivity index (χ1) is 16.4. The molecule has 1 saturated carbocycles. The van der Waals surface area contributed by atoms with E-state index in [0.29, 0.717) is 6.54 Å². The minimum absolute atomic E-state index is 0.0234.